The Bertz CT molecular complexity index is 1010. The van der Waals surface area contributed by atoms with E-state index in [4.69, 9.17) is 16.3 Å². The van der Waals surface area contributed by atoms with Gasteiger partial charge in [-0.3, -0.25) is 14.9 Å². The van der Waals surface area contributed by atoms with Crippen molar-refractivity contribution >= 4 is 33.3 Å². The van der Waals surface area contributed by atoms with Crippen molar-refractivity contribution in [2.24, 2.45) is 0 Å². The van der Waals surface area contributed by atoms with E-state index >= 15 is 0 Å². The predicted octanol–water partition coefficient (Wildman–Crippen LogP) is 3.78. The van der Waals surface area contributed by atoms with E-state index in [2.05, 4.69) is 0 Å². The maximum absolute atomic E-state index is 13.4. The van der Waals surface area contributed by atoms with E-state index in [-0.39, 0.29) is 23.7 Å². The van der Waals surface area contributed by atoms with Gasteiger partial charge in [-0.05, 0) is 44.5 Å². The maximum Gasteiger partial charge on any atom is 0.327 e. The highest BCUT2D eigenvalue weighted by Crippen LogP contribution is 2.31. The molecular weight excluding hydrogens is 420 g/mol. The molecule has 2 rings (SSSR count). The molecule has 2 aromatic carbocycles. The lowest BCUT2D eigenvalue weighted by molar-refractivity contribution is -0.384. The van der Waals surface area contributed by atoms with E-state index in [1.54, 1.807) is 31.2 Å². The molecule has 0 N–H and O–H groups in total. The smallest absolute Gasteiger partial charge is 0.327 e. The minimum atomic E-state index is -4.23. The number of non-ortho nitro benzene ring substituents is 1. The summed E-state index contributed by atoms with van der Waals surface area (Å²) >= 11 is 6.20. The monoisotopic (exact) mass is 440 g/mol. The van der Waals surface area contributed by atoms with Crippen LogP contribution in [0.1, 0.15) is 26.3 Å². The number of esters is 1. The van der Waals surface area contributed by atoms with Crippen LogP contribution < -0.4 is 0 Å². The number of benzene rings is 2. The Morgan fingerprint density at radius 1 is 1.17 bits per heavy atom. The molecule has 156 valence electrons. The fourth-order valence-electron chi connectivity index (χ4n) is 2.64. The van der Waals surface area contributed by atoms with Crippen LogP contribution in [0.2, 0.25) is 5.02 Å². The third-order valence-corrected chi connectivity index (χ3v) is 6.71. The number of carbonyl (C=O) groups is 1. The van der Waals surface area contributed by atoms with Crippen molar-refractivity contribution in [2.75, 3.05) is 6.61 Å². The molecule has 0 bridgehead atoms. The van der Waals surface area contributed by atoms with Gasteiger partial charge < -0.3 is 4.74 Å². The predicted molar refractivity (Wildman–Crippen MR) is 108 cm³/mol. The Balaban J connectivity index is 2.57. The third-order valence-electron chi connectivity index (χ3n) is 4.31. The Kier molecular flexibility index (Phi) is 6.99. The molecule has 0 aliphatic carbocycles. The zero-order chi connectivity index (χ0) is 21.8. The van der Waals surface area contributed by atoms with Crippen LogP contribution in [0.5, 0.6) is 0 Å². The van der Waals surface area contributed by atoms with Gasteiger partial charge in [-0.2, -0.15) is 4.31 Å². The number of hydrogen-bond donors (Lipinski definition) is 0. The first-order valence-electron chi connectivity index (χ1n) is 8.69. The van der Waals surface area contributed by atoms with Crippen LogP contribution in [-0.4, -0.2) is 35.8 Å². The fourth-order valence-corrected chi connectivity index (χ4v) is 4.56. The summed E-state index contributed by atoms with van der Waals surface area (Å²) < 4.78 is 32.8. The Hall–Kier alpha value is -2.49. The number of nitro groups is 1. The van der Waals surface area contributed by atoms with Crippen LogP contribution in [-0.2, 0) is 26.1 Å². The molecule has 0 aliphatic heterocycles. The molecule has 0 saturated heterocycles. The summed E-state index contributed by atoms with van der Waals surface area (Å²) in [5.41, 5.74) is -1.31. The minimum Gasteiger partial charge on any atom is -0.465 e. The summed E-state index contributed by atoms with van der Waals surface area (Å²) in [6.45, 7) is 4.39. The first kappa shape index (κ1) is 22.8. The summed E-state index contributed by atoms with van der Waals surface area (Å²) in [6.07, 6.45) is 0. The van der Waals surface area contributed by atoms with E-state index in [9.17, 15) is 23.3 Å². The molecule has 0 fully saturated rings. The molecule has 0 radical (unpaired) electrons. The van der Waals surface area contributed by atoms with Gasteiger partial charge in [0.05, 0.1) is 16.4 Å². The second-order valence-electron chi connectivity index (χ2n) is 6.63. The van der Waals surface area contributed by atoms with E-state index in [0.717, 1.165) is 28.6 Å². The lowest BCUT2D eigenvalue weighted by Gasteiger charge is -2.35. The number of nitro benzene ring substituents is 1. The van der Waals surface area contributed by atoms with Crippen LogP contribution in [0.15, 0.2) is 53.4 Å². The van der Waals surface area contributed by atoms with Crippen molar-refractivity contribution in [1.29, 1.82) is 0 Å². The van der Waals surface area contributed by atoms with Gasteiger partial charge in [0.1, 0.15) is 5.54 Å². The van der Waals surface area contributed by atoms with Gasteiger partial charge in [0, 0.05) is 23.7 Å². The quantitative estimate of drug-likeness (QED) is 0.351. The van der Waals surface area contributed by atoms with Crippen LogP contribution >= 0.6 is 11.6 Å². The maximum atomic E-state index is 13.4. The van der Waals surface area contributed by atoms with E-state index < -0.39 is 26.5 Å². The molecular formula is C19H21ClN2O6S. The second-order valence-corrected chi connectivity index (χ2v) is 8.90. The van der Waals surface area contributed by atoms with Gasteiger partial charge in [0.15, 0.2) is 0 Å². The van der Waals surface area contributed by atoms with Crippen LogP contribution in [0.3, 0.4) is 0 Å². The van der Waals surface area contributed by atoms with Crippen LogP contribution in [0.25, 0.3) is 0 Å². The highest BCUT2D eigenvalue weighted by atomic mass is 35.5. The average Bonchev–Trinajstić information content (AvgIpc) is 2.67. The van der Waals surface area contributed by atoms with Crippen LogP contribution in [0, 0.1) is 10.1 Å². The first-order valence-corrected chi connectivity index (χ1v) is 10.5. The second kappa shape index (κ2) is 8.89. The number of hydrogen-bond acceptors (Lipinski definition) is 6. The van der Waals surface area contributed by atoms with Crippen molar-refractivity contribution in [3.63, 3.8) is 0 Å². The molecule has 0 heterocycles. The topological polar surface area (TPSA) is 107 Å². The highest BCUT2D eigenvalue weighted by molar-refractivity contribution is 7.89. The van der Waals surface area contributed by atoms with Crippen molar-refractivity contribution in [3.05, 3.63) is 69.2 Å². The summed E-state index contributed by atoms with van der Waals surface area (Å²) in [6, 6.07) is 11.1. The fraction of sp³-hybridized carbons (Fsp3) is 0.316. The van der Waals surface area contributed by atoms with Gasteiger partial charge in [0.2, 0.25) is 10.0 Å². The van der Waals surface area contributed by atoms with Gasteiger partial charge in [-0.15, -0.1) is 0 Å². The van der Waals surface area contributed by atoms with Crippen molar-refractivity contribution in [2.45, 2.75) is 37.8 Å². The highest BCUT2D eigenvalue weighted by Gasteiger charge is 2.44. The summed E-state index contributed by atoms with van der Waals surface area (Å²) in [4.78, 5) is 22.6. The SMILES string of the molecule is CCOC(=O)C(C)(C)N(Cc1ccccc1Cl)S(=O)(=O)c1ccc([N+](=O)[O-])cc1. The molecule has 0 aliphatic rings. The zero-order valence-electron chi connectivity index (χ0n) is 16.2. The van der Waals surface area contributed by atoms with Gasteiger partial charge >= 0.3 is 5.97 Å². The summed E-state index contributed by atoms with van der Waals surface area (Å²) in [7, 11) is -4.23. The normalized spacial score (nSPS) is 12.0. The number of sulfonamides is 1. The van der Waals surface area contributed by atoms with Gasteiger partial charge in [-0.1, -0.05) is 29.8 Å². The molecule has 0 saturated carbocycles. The van der Waals surface area contributed by atoms with Crippen LogP contribution in [0.4, 0.5) is 5.69 Å². The van der Waals surface area contributed by atoms with E-state index in [1.807, 2.05) is 0 Å². The third kappa shape index (κ3) is 4.92. The molecule has 0 atom stereocenters. The molecule has 2 aromatic rings. The molecule has 0 amide bonds. The number of nitrogens with zero attached hydrogens (tertiary/aromatic N) is 2. The number of carbonyl (C=O) groups excluding carboxylic acids is 1. The van der Waals surface area contributed by atoms with Gasteiger partial charge in [0.25, 0.3) is 5.69 Å². The number of halogens is 1. The van der Waals surface area contributed by atoms with E-state index in [0.29, 0.717) is 10.6 Å². The van der Waals surface area contributed by atoms with Crippen molar-refractivity contribution in [1.82, 2.24) is 4.31 Å². The summed E-state index contributed by atoms with van der Waals surface area (Å²) in [5, 5.41) is 11.2. The largest absolute Gasteiger partial charge is 0.465 e. The molecule has 0 aromatic heterocycles. The van der Waals surface area contributed by atoms with Crippen molar-refractivity contribution in [3.8, 4) is 0 Å². The lowest BCUT2D eigenvalue weighted by Crippen LogP contribution is -2.53. The number of rotatable bonds is 8. The zero-order valence-corrected chi connectivity index (χ0v) is 17.7. The standard InChI is InChI=1S/C19H21ClN2O6S/c1-4-28-18(23)19(2,3)21(13-14-7-5-6-8-17(14)20)29(26,27)16-11-9-15(10-12-16)22(24)25/h5-12H,4,13H2,1-3H3. The van der Waals surface area contributed by atoms with E-state index in [1.165, 1.54) is 13.8 Å². The van der Waals surface area contributed by atoms with Gasteiger partial charge in [-0.25, -0.2) is 8.42 Å². The van der Waals surface area contributed by atoms with Crippen molar-refractivity contribution < 1.29 is 22.9 Å². The lowest BCUT2D eigenvalue weighted by atomic mass is 10.1. The number of ether oxygens (including phenoxy) is 1. The Morgan fingerprint density at radius 2 is 1.76 bits per heavy atom. The minimum absolute atomic E-state index is 0.0831. The molecule has 0 spiro atoms. The average molecular weight is 441 g/mol. The molecule has 10 heteroatoms. The Labute approximate surface area is 174 Å². The molecule has 29 heavy (non-hydrogen) atoms. The molecule has 0 unspecified atom stereocenters. The summed E-state index contributed by atoms with van der Waals surface area (Å²) in [5.74, 6) is -0.724. The first-order chi connectivity index (χ1) is 13.5. The molecule has 8 nitrogen and oxygen atoms in total. The Morgan fingerprint density at radius 3 is 2.28 bits per heavy atom.